The molecule has 3 heteroatoms. The third-order valence-corrected chi connectivity index (χ3v) is 5.02. The van der Waals surface area contributed by atoms with Gasteiger partial charge < -0.3 is 0 Å². The summed E-state index contributed by atoms with van der Waals surface area (Å²) in [6.45, 7) is 4.43. The van der Waals surface area contributed by atoms with Crippen LogP contribution < -0.4 is 0 Å². The third-order valence-electron chi connectivity index (χ3n) is 3.32. The number of thiophene rings is 1. The van der Waals surface area contributed by atoms with Gasteiger partial charge in [0.25, 0.3) is 0 Å². The minimum atomic E-state index is 0.579. The molecule has 21 heavy (non-hydrogen) atoms. The zero-order chi connectivity index (χ0) is 14.7. The van der Waals surface area contributed by atoms with E-state index in [-0.39, 0.29) is 0 Å². The van der Waals surface area contributed by atoms with Gasteiger partial charge in [-0.25, -0.2) is 4.98 Å². The maximum Gasteiger partial charge on any atom is 0.116 e. The van der Waals surface area contributed by atoms with Crippen molar-refractivity contribution in [1.29, 1.82) is 0 Å². The zero-order valence-corrected chi connectivity index (χ0v) is 13.7. The molecule has 0 unspecified atom stereocenters. The summed E-state index contributed by atoms with van der Waals surface area (Å²) in [5, 5.41) is 5.25. The summed E-state index contributed by atoms with van der Waals surface area (Å²) in [6, 6.07) is 12.9. The van der Waals surface area contributed by atoms with E-state index in [0.29, 0.717) is 5.92 Å². The van der Waals surface area contributed by atoms with Gasteiger partial charge in [-0.3, -0.25) is 0 Å². The zero-order valence-electron chi connectivity index (χ0n) is 12.1. The minimum absolute atomic E-state index is 0.579. The van der Waals surface area contributed by atoms with Gasteiger partial charge in [-0.05, 0) is 34.6 Å². The first kappa shape index (κ1) is 14.2. The number of rotatable bonds is 4. The Kier molecular flexibility index (Phi) is 4.32. The lowest BCUT2D eigenvalue weighted by molar-refractivity contribution is 0.866. The summed E-state index contributed by atoms with van der Waals surface area (Å²) in [6.07, 6.45) is 4.22. The van der Waals surface area contributed by atoms with Gasteiger partial charge >= 0.3 is 0 Å². The fraction of sp³-hybridized carbons (Fsp3) is 0.167. The summed E-state index contributed by atoms with van der Waals surface area (Å²) >= 11 is 3.41. The average Bonchev–Trinajstić information content (AvgIpc) is 3.16. The number of nitrogens with zero attached hydrogens (tertiary/aromatic N) is 1. The summed E-state index contributed by atoms with van der Waals surface area (Å²) in [4.78, 5) is 5.88. The number of aromatic nitrogens is 1. The van der Waals surface area contributed by atoms with Crippen molar-refractivity contribution in [2.75, 3.05) is 0 Å². The van der Waals surface area contributed by atoms with E-state index in [1.165, 1.54) is 16.0 Å². The van der Waals surface area contributed by atoms with Crippen LogP contribution in [0.25, 0.3) is 22.7 Å². The van der Waals surface area contributed by atoms with Crippen LogP contribution in [0.2, 0.25) is 0 Å². The first-order chi connectivity index (χ1) is 10.2. The smallest absolute Gasteiger partial charge is 0.116 e. The van der Waals surface area contributed by atoms with Crippen LogP contribution in [0.1, 0.15) is 35.9 Å². The molecule has 3 rings (SSSR count). The molecule has 2 heterocycles. The highest BCUT2D eigenvalue weighted by atomic mass is 32.1. The molecule has 0 spiro atoms. The SMILES string of the molecule is CC(C)c1ccc(/C=C/c2nc(-c3cccs3)cs2)cc1. The van der Waals surface area contributed by atoms with Gasteiger partial charge in [-0.15, -0.1) is 22.7 Å². The van der Waals surface area contributed by atoms with Crippen molar-refractivity contribution in [1.82, 2.24) is 4.98 Å². The van der Waals surface area contributed by atoms with E-state index in [2.05, 4.69) is 78.1 Å². The lowest BCUT2D eigenvalue weighted by atomic mass is 10.0. The molecule has 106 valence electrons. The standard InChI is InChI=1S/C18H17NS2/c1-13(2)15-8-5-14(6-9-15)7-10-18-19-16(12-21-18)17-4-3-11-20-17/h3-13H,1-2H3/b10-7+. The van der Waals surface area contributed by atoms with Crippen LogP contribution in [0.4, 0.5) is 0 Å². The fourth-order valence-electron chi connectivity index (χ4n) is 2.06. The monoisotopic (exact) mass is 311 g/mol. The molecule has 1 aromatic carbocycles. The first-order valence-corrected chi connectivity index (χ1v) is 8.76. The van der Waals surface area contributed by atoms with Crippen molar-refractivity contribution in [3.05, 3.63) is 63.3 Å². The number of hydrogen-bond donors (Lipinski definition) is 0. The number of benzene rings is 1. The Morgan fingerprint density at radius 1 is 1.00 bits per heavy atom. The molecule has 0 aliphatic heterocycles. The summed E-state index contributed by atoms with van der Waals surface area (Å²) < 4.78 is 0. The Labute approximate surface area is 133 Å². The molecule has 0 atom stereocenters. The largest absolute Gasteiger partial charge is 0.236 e. The van der Waals surface area contributed by atoms with Crippen LogP contribution in [-0.4, -0.2) is 4.98 Å². The Hall–Kier alpha value is -1.71. The molecule has 1 nitrogen and oxygen atoms in total. The van der Waals surface area contributed by atoms with Crippen molar-refractivity contribution in [2.24, 2.45) is 0 Å². The van der Waals surface area contributed by atoms with Crippen LogP contribution in [0.3, 0.4) is 0 Å². The van der Waals surface area contributed by atoms with Crippen molar-refractivity contribution < 1.29 is 0 Å². The lowest BCUT2D eigenvalue weighted by Crippen LogP contribution is -1.85. The van der Waals surface area contributed by atoms with Crippen LogP contribution in [0.15, 0.2) is 47.2 Å². The van der Waals surface area contributed by atoms with Gasteiger partial charge in [-0.2, -0.15) is 0 Å². The summed E-state index contributed by atoms with van der Waals surface area (Å²) in [7, 11) is 0. The highest BCUT2D eigenvalue weighted by molar-refractivity contribution is 7.14. The highest BCUT2D eigenvalue weighted by Gasteiger charge is 2.03. The molecule has 3 aromatic rings. The molecule has 0 saturated carbocycles. The van der Waals surface area contributed by atoms with Gasteiger partial charge in [0, 0.05) is 5.38 Å². The van der Waals surface area contributed by atoms with Gasteiger partial charge in [0.1, 0.15) is 5.01 Å². The van der Waals surface area contributed by atoms with Gasteiger partial charge in [0.15, 0.2) is 0 Å². The lowest BCUT2D eigenvalue weighted by Gasteiger charge is -2.04. The van der Waals surface area contributed by atoms with Crippen LogP contribution in [0, 0.1) is 0 Å². The second-order valence-electron chi connectivity index (χ2n) is 5.20. The predicted molar refractivity (Wildman–Crippen MR) is 94.9 cm³/mol. The minimum Gasteiger partial charge on any atom is -0.236 e. The van der Waals surface area contributed by atoms with Crippen LogP contribution in [0.5, 0.6) is 0 Å². The quantitative estimate of drug-likeness (QED) is 0.562. The number of hydrogen-bond acceptors (Lipinski definition) is 3. The molecule has 0 amide bonds. The van der Waals surface area contributed by atoms with E-state index < -0.39 is 0 Å². The normalized spacial score (nSPS) is 11.6. The predicted octanol–water partition coefficient (Wildman–Crippen LogP) is 6.17. The van der Waals surface area contributed by atoms with Crippen molar-refractivity contribution in [3.8, 4) is 10.6 Å². The molecule has 0 fully saturated rings. The second kappa shape index (κ2) is 6.37. The van der Waals surface area contributed by atoms with Crippen LogP contribution >= 0.6 is 22.7 Å². The molecule has 0 bridgehead atoms. The Morgan fingerprint density at radius 3 is 2.48 bits per heavy atom. The molecule has 0 radical (unpaired) electrons. The maximum absolute atomic E-state index is 4.66. The molecule has 2 aromatic heterocycles. The topological polar surface area (TPSA) is 12.9 Å². The molecule has 0 saturated heterocycles. The Bertz CT molecular complexity index is 719. The highest BCUT2D eigenvalue weighted by Crippen LogP contribution is 2.26. The van der Waals surface area contributed by atoms with Crippen molar-refractivity contribution >= 4 is 34.8 Å². The third kappa shape index (κ3) is 3.49. The first-order valence-electron chi connectivity index (χ1n) is 7.00. The van der Waals surface area contributed by atoms with Crippen LogP contribution in [-0.2, 0) is 0 Å². The van der Waals surface area contributed by atoms with Crippen molar-refractivity contribution in [2.45, 2.75) is 19.8 Å². The second-order valence-corrected chi connectivity index (χ2v) is 7.04. The van der Waals surface area contributed by atoms with E-state index in [4.69, 9.17) is 0 Å². The van der Waals surface area contributed by atoms with E-state index in [0.717, 1.165) is 10.7 Å². The van der Waals surface area contributed by atoms with Crippen molar-refractivity contribution in [3.63, 3.8) is 0 Å². The summed E-state index contributed by atoms with van der Waals surface area (Å²) in [5.74, 6) is 0.579. The van der Waals surface area contributed by atoms with E-state index in [1.54, 1.807) is 22.7 Å². The van der Waals surface area contributed by atoms with Gasteiger partial charge in [0.2, 0.25) is 0 Å². The molecular formula is C18H17NS2. The molecule has 0 aliphatic rings. The maximum atomic E-state index is 4.66. The number of thiazole rings is 1. The van der Waals surface area contributed by atoms with E-state index in [1.807, 2.05) is 0 Å². The summed E-state index contributed by atoms with van der Waals surface area (Å²) in [5.41, 5.74) is 3.67. The van der Waals surface area contributed by atoms with E-state index >= 15 is 0 Å². The van der Waals surface area contributed by atoms with Gasteiger partial charge in [-0.1, -0.05) is 50.3 Å². The average molecular weight is 311 g/mol. The fourth-order valence-corrected chi connectivity index (χ4v) is 3.53. The molecular weight excluding hydrogens is 294 g/mol. The molecule has 0 aliphatic carbocycles. The van der Waals surface area contributed by atoms with Gasteiger partial charge in [0.05, 0.1) is 10.6 Å². The van der Waals surface area contributed by atoms with E-state index in [9.17, 15) is 0 Å². The Morgan fingerprint density at radius 2 is 1.81 bits per heavy atom. The molecule has 0 N–H and O–H groups in total. The Balaban J connectivity index is 1.74.